The Morgan fingerprint density at radius 3 is 1.55 bits per heavy atom. The maximum Gasteiger partial charge on any atom is 0.410 e. The van der Waals surface area contributed by atoms with Crippen LogP contribution in [-0.2, 0) is 83.3 Å². The standard InChI is InChI=1S/C78H100N8O11/c1-48(83(12)74(94)96-77(6,7)8)67(87)45-61(76(3,4)5)72(92)86-47-58(44-66(86)71(91)81-63-31-21-27-54-23-17-19-29-60(54)63)79-69(89)55-40-38-51(39-41-55)33-32-50-34-36-52(37-35-50)42-64(82-68(88)49(2)84(13)75(95)97-78(9,10)11)73(93)85-46-57-25-15-14-24-56(57)43-65(85)70(90)80-62-30-20-26-53-22-16-18-28-59(53)62/h14-19,22-25,28-29,34-41,48-49,58,61-66H,20-21,26-27,30-33,42-47H2,1-13H3,(H,79,89)(H,80,90)(H,81,91)(H,82,88)/t48-,49-,58?,61+,62+,63+,64-,65?,66?/m0/s1. The molecule has 5 aromatic rings. The highest BCUT2D eigenvalue weighted by Gasteiger charge is 2.47. The van der Waals surface area contributed by atoms with E-state index in [9.17, 15) is 33.6 Å². The molecular weight excluding hydrogens is 1220 g/mol. The van der Waals surface area contributed by atoms with Crippen molar-refractivity contribution in [2.45, 2.75) is 219 Å². The highest BCUT2D eigenvalue weighted by Crippen LogP contribution is 2.37. The third-order valence-electron chi connectivity index (χ3n) is 19.5. The summed E-state index contributed by atoms with van der Waals surface area (Å²) < 4.78 is 11.1. The highest BCUT2D eigenvalue weighted by atomic mass is 16.6. The first-order valence-corrected chi connectivity index (χ1v) is 34.5. The van der Waals surface area contributed by atoms with E-state index in [1.54, 1.807) is 72.4 Å². The first-order chi connectivity index (χ1) is 45.8. The zero-order valence-electron chi connectivity index (χ0n) is 58.9. The Bertz CT molecular complexity index is 3700. The number of carbonyl (C=O) groups excluding carboxylic acids is 9. The van der Waals surface area contributed by atoms with Crippen molar-refractivity contribution in [1.82, 2.24) is 40.9 Å². The first kappa shape index (κ1) is 72.4. The van der Waals surface area contributed by atoms with Gasteiger partial charge >= 0.3 is 12.2 Å². The number of hydrogen-bond acceptors (Lipinski definition) is 11. The molecule has 8 amide bonds. The van der Waals surface area contributed by atoms with Crippen LogP contribution in [0.5, 0.6) is 0 Å². The summed E-state index contributed by atoms with van der Waals surface area (Å²) in [6.45, 7) is 19.5. The van der Waals surface area contributed by atoms with E-state index >= 15 is 9.59 Å². The Balaban J connectivity index is 0.875. The summed E-state index contributed by atoms with van der Waals surface area (Å²) in [6.07, 6.45) is 5.39. The predicted molar refractivity (Wildman–Crippen MR) is 372 cm³/mol. The number of ether oxygens (including phenoxy) is 2. The lowest BCUT2D eigenvalue weighted by atomic mass is 9.76. The number of fused-ring (bicyclic) bond motifs is 3. The highest BCUT2D eigenvalue weighted by molar-refractivity contribution is 5.97. The normalized spacial score (nSPS) is 19.6. The van der Waals surface area contributed by atoms with E-state index in [2.05, 4.69) is 39.5 Å². The summed E-state index contributed by atoms with van der Waals surface area (Å²) in [6, 6.07) is 33.2. The molecular formula is C78H100N8O11. The number of amides is 8. The molecule has 2 aliphatic heterocycles. The number of hydrogen-bond donors (Lipinski definition) is 4. The zero-order valence-corrected chi connectivity index (χ0v) is 58.9. The molecule has 1 saturated heterocycles. The third-order valence-corrected chi connectivity index (χ3v) is 19.5. The van der Waals surface area contributed by atoms with Gasteiger partial charge in [0, 0.05) is 64.0 Å². The van der Waals surface area contributed by atoms with Crippen LogP contribution in [0.2, 0.25) is 0 Å². The lowest BCUT2D eigenvalue weighted by molar-refractivity contribution is -0.146. The van der Waals surface area contributed by atoms with Crippen molar-refractivity contribution in [3.05, 3.63) is 177 Å². The van der Waals surface area contributed by atoms with E-state index in [4.69, 9.17) is 9.47 Å². The molecule has 5 aromatic carbocycles. The lowest BCUT2D eigenvalue weighted by Crippen LogP contribution is -2.60. The first-order valence-electron chi connectivity index (χ1n) is 34.5. The fourth-order valence-corrected chi connectivity index (χ4v) is 13.6. The molecule has 4 aliphatic rings. The minimum absolute atomic E-state index is 0.0380. The van der Waals surface area contributed by atoms with Crippen molar-refractivity contribution in [3.63, 3.8) is 0 Å². The molecule has 0 saturated carbocycles. The largest absolute Gasteiger partial charge is 0.444 e. The molecule has 0 spiro atoms. The monoisotopic (exact) mass is 1320 g/mol. The summed E-state index contributed by atoms with van der Waals surface area (Å²) in [4.78, 5) is 134. The van der Waals surface area contributed by atoms with E-state index in [-0.39, 0.29) is 80.3 Å². The lowest BCUT2D eigenvalue weighted by Gasteiger charge is -2.39. The number of likely N-dealkylation sites (N-methyl/N-ethyl adjacent to an activating group) is 2. The molecule has 9 atom stereocenters. The Morgan fingerprint density at radius 2 is 1.02 bits per heavy atom. The molecule has 1 fully saturated rings. The van der Waals surface area contributed by atoms with Crippen LogP contribution in [0.4, 0.5) is 9.59 Å². The second-order valence-electron chi connectivity index (χ2n) is 30.1. The number of benzene rings is 5. The molecule has 9 rings (SSSR count). The molecule has 19 heteroatoms. The van der Waals surface area contributed by atoms with Crippen LogP contribution in [0.1, 0.15) is 187 Å². The molecule has 19 nitrogen and oxygen atoms in total. The van der Waals surface area contributed by atoms with Gasteiger partial charge in [0.2, 0.25) is 29.5 Å². The van der Waals surface area contributed by atoms with Gasteiger partial charge in [0.1, 0.15) is 35.4 Å². The maximum absolute atomic E-state index is 15.3. The summed E-state index contributed by atoms with van der Waals surface area (Å²) in [5.41, 5.74) is 7.18. The van der Waals surface area contributed by atoms with Gasteiger partial charge in [0.05, 0.1) is 18.1 Å². The number of aryl methyl sites for hydroxylation is 4. The molecule has 518 valence electrons. The zero-order chi connectivity index (χ0) is 70.3. The average molecular weight is 1330 g/mol. The second kappa shape index (κ2) is 30.7. The quantitative estimate of drug-likeness (QED) is 0.0572. The van der Waals surface area contributed by atoms with Gasteiger partial charge < -0.3 is 45.4 Å². The molecule has 0 radical (unpaired) electrons. The maximum atomic E-state index is 15.3. The number of Topliss-reactive ketones (excluding diaryl/α,β-unsaturated/α-hetero) is 1. The van der Waals surface area contributed by atoms with Crippen LogP contribution in [-0.4, -0.2) is 141 Å². The number of carbonyl (C=O) groups is 9. The SMILES string of the molecule is C[C@@H](C(=O)C[C@H](C(=O)N1CC(NC(=O)c2ccc(CCc3ccc(C[C@H](NC(=O)[C@H](C)N(C)C(=O)OC(C)(C)C)C(=O)N4Cc5ccccc5CC4C(=O)N[C@@H]4CCCc5ccccc54)cc3)cc2)CC1C(=O)N[C@@H]1CCCc2ccccc21)C(C)(C)C)N(C)C(=O)OC(C)(C)C. The predicted octanol–water partition coefficient (Wildman–Crippen LogP) is 10.7. The molecule has 97 heavy (non-hydrogen) atoms. The van der Waals surface area contributed by atoms with Crippen molar-refractivity contribution < 1.29 is 52.6 Å². The number of nitrogens with one attached hydrogen (secondary N) is 4. The number of nitrogens with zero attached hydrogens (tertiary/aromatic N) is 4. The van der Waals surface area contributed by atoms with Crippen molar-refractivity contribution >= 4 is 53.4 Å². The van der Waals surface area contributed by atoms with Crippen LogP contribution in [0.15, 0.2) is 121 Å². The van der Waals surface area contributed by atoms with Crippen LogP contribution < -0.4 is 21.3 Å². The molecule has 3 unspecified atom stereocenters. The van der Waals surface area contributed by atoms with E-state index in [0.29, 0.717) is 18.4 Å². The van der Waals surface area contributed by atoms with E-state index in [1.165, 1.54) is 39.9 Å². The Hall–Kier alpha value is -8.87. The molecule has 0 bridgehead atoms. The van der Waals surface area contributed by atoms with Crippen molar-refractivity contribution in [2.75, 3.05) is 20.6 Å². The van der Waals surface area contributed by atoms with E-state index in [0.717, 1.165) is 77.5 Å². The van der Waals surface area contributed by atoms with Gasteiger partial charge in [0.15, 0.2) is 5.78 Å². The molecule has 2 aliphatic carbocycles. The van der Waals surface area contributed by atoms with Gasteiger partial charge in [-0.1, -0.05) is 130 Å². The third kappa shape index (κ3) is 18.4. The van der Waals surface area contributed by atoms with Gasteiger partial charge in [-0.3, -0.25) is 38.5 Å². The van der Waals surface area contributed by atoms with Crippen molar-refractivity contribution in [1.29, 1.82) is 0 Å². The van der Waals surface area contributed by atoms with Crippen molar-refractivity contribution in [2.24, 2.45) is 11.3 Å². The van der Waals surface area contributed by atoms with Crippen LogP contribution in [0, 0.1) is 11.3 Å². The molecule has 4 N–H and O–H groups in total. The Kier molecular flexibility index (Phi) is 22.9. The van der Waals surface area contributed by atoms with Gasteiger partial charge in [0.25, 0.3) is 5.91 Å². The smallest absolute Gasteiger partial charge is 0.410 e. The fraction of sp³-hybridized carbons (Fsp3) is 0.500. The number of rotatable bonds is 20. The van der Waals surface area contributed by atoms with E-state index < -0.39 is 82.8 Å². The summed E-state index contributed by atoms with van der Waals surface area (Å²) >= 11 is 0. The van der Waals surface area contributed by atoms with Crippen molar-refractivity contribution in [3.8, 4) is 0 Å². The number of ketones is 1. The average Bonchev–Trinajstić information content (AvgIpc) is 1.65. The summed E-state index contributed by atoms with van der Waals surface area (Å²) in [5.74, 6) is -3.55. The number of likely N-dealkylation sites (tertiary alicyclic amines) is 1. The topological polar surface area (TPSA) is 233 Å². The fourth-order valence-electron chi connectivity index (χ4n) is 13.6. The van der Waals surface area contributed by atoms with Gasteiger partial charge in [-0.25, -0.2) is 9.59 Å². The van der Waals surface area contributed by atoms with Gasteiger partial charge in [-0.05, 0) is 181 Å². The van der Waals surface area contributed by atoms with Crippen LogP contribution in [0.3, 0.4) is 0 Å². The second-order valence-corrected chi connectivity index (χ2v) is 30.1. The van der Waals surface area contributed by atoms with Crippen LogP contribution >= 0.6 is 0 Å². The van der Waals surface area contributed by atoms with Gasteiger partial charge in [-0.2, -0.15) is 0 Å². The Morgan fingerprint density at radius 1 is 0.546 bits per heavy atom. The minimum Gasteiger partial charge on any atom is -0.444 e. The minimum atomic E-state index is -1.13. The van der Waals surface area contributed by atoms with Crippen LogP contribution in [0.25, 0.3) is 0 Å². The molecule has 0 aromatic heterocycles. The molecule has 2 heterocycles. The van der Waals surface area contributed by atoms with E-state index in [1.807, 2.05) is 112 Å². The Labute approximate surface area is 572 Å². The van der Waals surface area contributed by atoms with Gasteiger partial charge in [-0.15, -0.1) is 0 Å². The summed E-state index contributed by atoms with van der Waals surface area (Å²) in [7, 11) is 2.98. The summed E-state index contributed by atoms with van der Waals surface area (Å²) in [5, 5.41) is 12.7.